The zero-order chi connectivity index (χ0) is 18.2. The second-order valence-electron chi connectivity index (χ2n) is 10.2. The lowest BCUT2D eigenvalue weighted by Crippen LogP contribution is -2.62. The third-order valence-electron chi connectivity index (χ3n) is 9.23. The molecule has 4 rings (SSSR count). The maximum atomic E-state index is 13.4. The number of ketones is 1. The van der Waals surface area contributed by atoms with Gasteiger partial charge in [0.25, 0.3) is 0 Å². The number of hydrogen-bond donors (Lipinski definition) is 3. The molecule has 4 nitrogen and oxygen atoms in total. The second kappa shape index (κ2) is 5.53. The molecule has 0 bridgehead atoms. The number of rotatable bonds is 1. The van der Waals surface area contributed by atoms with Crippen LogP contribution in [0.4, 0.5) is 0 Å². The fourth-order valence-electron chi connectivity index (χ4n) is 7.77. The summed E-state index contributed by atoms with van der Waals surface area (Å²) >= 11 is 0. The first-order chi connectivity index (χ1) is 11.6. The molecule has 0 radical (unpaired) electrons. The van der Waals surface area contributed by atoms with Crippen molar-refractivity contribution < 1.29 is 20.1 Å². The van der Waals surface area contributed by atoms with E-state index in [-0.39, 0.29) is 17.4 Å². The molecule has 0 aromatic carbocycles. The van der Waals surface area contributed by atoms with Crippen molar-refractivity contribution >= 4 is 5.78 Å². The molecule has 4 saturated carbocycles. The summed E-state index contributed by atoms with van der Waals surface area (Å²) in [6.45, 7) is 6.01. The van der Waals surface area contributed by atoms with Gasteiger partial charge in [-0.2, -0.15) is 0 Å². The van der Waals surface area contributed by atoms with Crippen molar-refractivity contribution in [1.29, 1.82) is 0 Å². The summed E-state index contributed by atoms with van der Waals surface area (Å²) in [6, 6.07) is 0. The molecule has 142 valence electrons. The number of carbonyl (C=O) groups is 1. The second-order valence-corrected chi connectivity index (χ2v) is 10.2. The van der Waals surface area contributed by atoms with Crippen LogP contribution in [0.25, 0.3) is 0 Å². The molecule has 0 heterocycles. The van der Waals surface area contributed by atoms with Gasteiger partial charge in [0, 0.05) is 17.8 Å². The predicted octanol–water partition coefficient (Wildman–Crippen LogP) is 2.68. The van der Waals surface area contributed by atoms with Gasteiger partial charge in [0.1, 0.15) is 5.78 Å². The highest BCUT2D eigenvalue weighted by molar-refractivity contribution is 5.84. The number of fused-ring (bicyclic) bond motifs is 5. The largest absolute Gasteiger partial charge is 0.393 e. The minimum Gasteiger partial charge on any atom is -0.393 e. The van der Waals surface area contributed by atoms with E-state index in [9.17, 15) is 20.1 Å². The van der Waals surface area contributed by atoms with Gasteiger partial charge < -0.3 is 15.3 Å². The van der Waals surface area contributed by atoms with Crippen LogP contribution in [0.5, 0.6) is 0 Å². The van der Waals surface area contributed by atoms with Gasteiger partial charge in [-0.3, -0.25) is 4.79 Å². The van der Waals surface area contributed by atoms with E-state index >= 15 is 0 Å². The average molecular weight is 350 g/mol. The molecule has 0 aromatic heterocycles. The Bertz CT molecular complexity index is 574. The highest BCUT2D eigenvalue weighted by Crippen LogP contribution is 2.67. The molecule has 25 heavy (non-hydrogen) atoms. The molecule has 0 spiro atoms. The fourth-order valence-corrected chi connectivity index (χ4v) is 7.77. The zero-order valence-corrected chi connectivity index (χ0v) is 15.9. The lowest BCUT2D eigenvalue weighted by atomic mass is 9.44. The zero-order valence-electron chi connectivity index (χ0n) is 15.9. The first kappa shape index (κ1) is 17.9. The first-order valence-electron chi connectivity index (χ1n) is 10.2. The molecule has 0 amide bonds. The summed E-state index contributed by atoms with van der Waals surface area (Å²) in [5.41, 5.74) is -1.64. The number of aliphatic hydroxyl groups is 3. The Balaban J connectivity index is 1.70. The summed E-state index contributed by atoms with van der Waals surface area (Å²) in [4.78, 5) is 13.4. The van der Waals surface area contributed by atoms with Crippen molar-refractivity contribution in [1.82, 2.24) is 0 Å². The maximum Gasteiger partial charge on any atom is 0.137 e. The van der Waals surface area contributed by atoms with Crippen molar-refractivity contribution in [3.8, 4) is 0 Å². The van der Waals surface area contributed by atoms with Crippen LogP contribution >= 0.6 is 0 Å². The van der Waals surface area contributed by atoms with E-state index in [1.807, 2.05) is 6.92 Å². The maximum absolute atomic E-state index is 13.4. The Labute approximate surface area is 151 Å². The van der Waals surface area contributed by atoms with Crippen LogP contribution in [0.1, 0.15) is 72.1 Å². The van der Waals surface area contributed by atoms with Crippen LogP contribution in [-0.2, 0) is 4.79 Å². The molecule has 9 atom stereocenters. The number of aliphatic hydroxyl groups excluding tert-OH is 2. The minimum atomic E-state index is -1.14. The van der Waals surface area contributed by atoms with Gasteiger partial charge in [0.2, 0.25) is 0 Å². The Morgan fingerprint density at radius 1 is 1.12 bits per heavy atom. The molecule has 4 heteroatoms. The lowest BCUT2D eigenvalue weighted by molar-refractivity contribution is -0.190. The van der Waals surface area contributed by atoms with Gasteiger partial charge in [-0.1, -0.05) is 13.8 Å². The Morgan fingerprint density at radius 3 is 2.52 bits per heavy atom. The summed E-state index contributed by atoms with van der Waals surface area (Å²) in [6.07, 6.45) is 5.60. The quantitative estimate of drug-likeness (QED) is 0.679. The van der Waals surface area contributed by atoms with E-state index in [0.717, 1.165) is 38.5 Å². The topological polar surface area (TPSA) is 77.8 Å². The molecule has 3 N–H and O–H groups in total. The summed E-state index contributed by atoms with van der Waals surface area (Å²) in [5, 5.41) is 31.6. The Kier molecular flexibility index (Phi) is 3.97. The predicted molar refractivity (Wildman–Crippen MR) is 94.8 cm³/mol. The highest BCUT2D eigenvalue weighted by Gasteiger charge is 2.68. The van der Waals surface area contributed by atoms with Crippen molar-refractivity contribution in [2.24, 2.45) is 34.5 Å². The smallest absolute Gasteiger partial charge is 0.137 e. The van der Waals surface area contributed by atoms with E-state index in [4.69, 9.17) is 0 Å². The van der Waals surface area contributed by atoms with Gasteiger partial charge in [-0.25, -0.2) is 0 Å². The molecule has 0 saturated heterocycles. The first-order valence-corrected chi connectivity index (χ1v) is 10.2. The molecule has 0 unspecified atom stereocenters. The highest BCUT2D eigenvalue weighted by atomic mass is 16.3. The lowest BCUT2D eigenvalue weighted by Gasteiger charge is -2.60. The van der Waals surface area contributed by atoms with Gasteiger partial charge in [-0.15, -0.1) is 0 Å². The Morgan fingerprint density at radius 2 is 1.84 bits per heavy atom. The van der Waals surface area contributed by atoms with Gasteiger partial charge in [0.05, 0.1) is 17.8 Å². The molecular formula is C21H34O4. The molecular weight excluding hydrogens is 316 g/mol. The Hall–Kier alpha value is -0.450. The minimum absolute atomic E-state index is 0.00605. The van der Waals surface area contributed by atoms with Crippen LogP contribution in [-0.4, -0.2) is 38.9 Å². The number of Topliss-reactive ketones (excluding diaryl/α,β-unsaturated/α-hetero) is 1. The van der Waals surface area contributed by atoms with Crippen molar-refractivity contribution in [3.05, 3.63) is 0 Å². The molecule has 0 aromatic rings. The van der Waals surface area contributed by atoms with E-state index in [2.05, 4.69) is 6.92 Å². The molecule has 4 aliphatic rings. The van der Waals surface area contributed by atoms with Crippen molar-refractivity contribution in [2.75, 3.05) is 0 Å². The summed E-state index contributed by atoms with van der Waals surface area (Å²) in [5.74, 6) is 1.47. The van der Waals surface area contributed by atoms with Gasteiger partial charge in [-0.05, 0) is 75.0 Å². The monoisotopic (exact) mass is 350 g/mol. The van der Waals surface area contributed by atoms with Gasteiger partial charge >= 0.3 is 0 Å². The van der Waals surface area contributed by atoms with Crippen LogP contribution in [0.3, 0.4) is 0 Å². The van der Waals surface area contributed by atoms with Crippen molar-refractivity contribution in [2.45, 2.75) is 89.9 Å². The van der Waals surface area contributed by atoms with E-state index in [1.165, 1.54) is 0 Å². The normalized spacial score (nSPS) is 56.7. The van der Waals surface area contributed by atoms with Crippen LogP contribution in [0, 0.1) is 34.5 Å². The van der Waals surface area contributed by atoms with Crippen LogP contribution in [0.2, 0.25) is 0 Å². The van der Waals surface area contributed by atoms with Crippen LogP contribution < -0.4 is 0 Å². The van der Waals surface area contributed by atoms with E-state index in [0.29, 0.717) is 36.4 Å². The standard InChI is InChI=1S/C21H34O4/c1-12(22)21(25)9-7-16-15-5-4-13-10-14(23)6-8-19(13,2)18(15)17(24)11-20(16,21)3/h12-16,18,22-23,25H,4-11H2,1-3H3/t12-,13-,14-,15-,16-,18+,19-,20-,21-/m0/s1. The SMILES string of the molecule is C[C@H](O)[C@@]1(O)CC[C@H]2[C@@H]3CC[C@H]4C[C@@H](O)CC[C@]4(C)[C@H]3C(=O)C[C@@]21C. The summed E-state index contributed by atoms with van der Waals surface area (Å²) in [7, 11) is 0. The third kappa shape index (κ3) is 2.20. The number of carbonyl (C=O) groups excluding carboxylic acids is 1. The molecule has 4 aliphatic carbocycles. The van der Waals surface area contributed by atoms with Crippen molar-refractivity contribution in [3.63, 3.8) is 0 Å². The average Bonchev–Trinajstić information content (AvgIpc) is 2.80. The third-order valence-corrected chi connectivity index (χ3v) is 9.23. The summed E-state index contributed by atoms with van der Waals surface area (Å²) < 4.78 is 0. The van der Waals surface area contributed by atoms with E-state index in [1.54, 1.807) is 6.92 Å². The molecule has 0 aliphatic heterocycles. The van der Waals surface area contributed by atoms with E-state index < -0.39 is 17.1 Å². The van der Waals surface area contributed by atoms with Crippen LogP contribution in [0.15, 0.2) is 0 Å². The van der Waals surface area contributed by atoms with Gasteiger partial charge in [0.15, 0.2) is 0 Å². The number of hydrogen-bond acceptors (Lipinski definition) is 4. The fraction of sp³-hybridized carbons (Fsp3) is 0.952. The molecule has 4 fully saturated rings.